The third-order valence-corrected chi connectivity index (χ3v) is 4.04. The third kappa shape index (κ3) is 6.47. The highest BCUT2D eigenvalue weighted by atomic mass is 16.7. The number of hydrogen-bond acceptors (Lipinski definition) is 6. The Kier molecular flexibility index (Phi) is 6.37. The Hall–Kier alpha value is -0.240. The molecular weight excluding hydrogens is 260 g/mol. The third-order valence-electron chi connectivity index (χ3n) is 4.04. The van der Waals surface area contributed by atoms with Gasteiger partial charge in [0.05, 0.1) is 11.5 Å². The topological polar surface area (TPSA) is 87.4 Å². The Morgan fingerprint density at radius 1 is 1.05 bits per heavy atom. The molecule has 0 aromatic carbocycles. The predicted octanol–water partition coefficient (Wildman–Crippen LogP) is -0.578. The van der Waals surface area contributed by atoms with E-state index in [2.05, 4.69) is 4.90 Å². The summed E-state index contributed by atoms with van der Waals surface area (Å²) in [4.78, 5) is 4.15. The highest BCUT2D eigenvalue weighted by Gasteiger charge is 2.34. The lowest BCUT2D eigenvalue weighted by atomic mass is 9.96. The van der Waals surface area contributed by atoms with Crippen molar-refractivity contribution in [3.8, 4) is 0 Å². The van der Waals surface area contributed by atoms with Crippen LogP contribution >= 0.6 is 0 Å². The summed E-state index contributed by atoms with van der Waals surface area (Å²) in [5, 5.41) is 36.0. The van der Waals surface area contributed by atoms with Crippen molar-refractivity contribution in [1.29, 1.82) is 0 Å². The summed E-state index contributed by atoms with van der Waals surface area (Å²) < 4.78 is 0. The van der Waals surface area contributed by atoms with Crippen LogP contribution in [0.25, 0.3) is 0 Å². The molecule has 2 atom stereocenters. The lowest BCUT2D eigenvalue weighted by Gasteiger charge is -2.34. The molecule has 0 spiro atoms. The molecule has 6 nitrogen and oxygen atoms in total. The number of likely N-dealkylation sites (tertiary alicyclic amines) is 2. The fraction of sp³-hybridized carbons (Fsp3) is 1.00. The molecule has 0 aliphatic carbocycles. The van der Waals surface area contributed by atoms with Crippen LogP contribution in [-0.2, 0) is 0 Å². The molecule has 2 heterocycles. The van der Waals surface area contributed by atoms with Gasteiger partial charge in [0.2, 0.25) is 0 Å². The van der Waals surface area contributed by atoms with Gasteiger partial charge in [0.1, 0.15) is 0 Å². The molecule has 2 aliphatic rings. The molecule has 2 saturated heterocycles. The van der Waals surface area contributed by atoms with E-state index in [1.165, 1.54) is 0 Å². The fourth-order valence-electron chi connectivity index (χ4n) is 2.95. The summed E-state index contributed by atoms with van der Waals surface area (Å²) in [5.74, 6) is -2.92. The smallest absolute Gasteiger partial charge is 0.279 e. The van der Waals surface area contributed by atoms with E-state index in [0.717, 1.165) is 38.9 Å². The first kappa shape index (κ1) is 17.8. The lowest BCUT2D eigenvalue weighted by Crippen LogP contribution is -2.46. The zero-order chi connectivity index (χ0) is 15.4. The van der Waals surface area contributed by atoms with Crippen LogP contribution in [0.2, 0.25) is 0 Å². The van der Waals surface area contributed by atoms with E-state index in [1.54, 1.807) is 0 Å². The van der Waals surface area contributed by atoms with Crippen molar-refractivity contribution in [2.24, 2.45) is 5.92 Å². The Morgan fingerprint density at radius 3 is 2.00 bits per heavy atom. The van der Waals surface area contributed by atoms with Gasteiger partial charge in [-0.05, 0) is 59.8 Å². The number of hydrogen-bond donors (Lipinski definition) is 4. The summed E-state index contributed by atoms with van der Waals surface area (Å²) >= 11 is 0. The molecule has 2 aliphatic heterocycles. The van der Waals surface area contributed by atoms with Gasteiger partial charge in [0.15, 0.2) is 0 Å². The van der Waals surface area contributed by atoms with Crippen LogP contribution in [0.15, 0.2) is 0 Å². The van der Waals surface area contributed by atoms with Crippen LogP contribution < -0.4 is 0 Å². The molecular formula is C14H30N2O4. The van der Waals surface area contributed by atoms with Crippen LogP contribution in [0.3, 0.4) is 0 Å². The number of piperidine rings is 2. The average molecular weight is 290 g/mol. The molecule has 120 valence electrons. The second kappa shape index (κ2) is 7.15. The van der Waals surface area contributed by atoms with Gasteiger partial charge in [0.25, 0.3) is 5.97 Å². The van der Waals surface area contributed by atoms with Gasteiger partial charge >= 0.3 is 0 Å². The molecule has 6 heteroatoms. The minimum atomic E-state index is -2.49. The second-order valence-corrected chi connectivity index (χ2v) is 6.63. The molecule has 0 amide bonds. The second-order valence-electron chi connectivity index (χ2n) is 6.63. The lowest BCUT2D eigenvalue weighted by molar-refractivity contribution is -0.346. The van der Waals surface area contributed by atoms with E-state index in [0.29, 0.717) is 13.0 Å². The maximum Gasteiger partial charge on any atom is 0.279 e. The molecule has 20 heavy (non-hydrogen) atoms. The Labute approximate surface area is 121 Å². The minimum absolute atomic E-state index is 0.424. The molecule has 0 aromatic rings. The molecule has 2 fully saturated rings. The zero-order valence-electron chi connectivity index (χ0n) is 12.9. The zero-order valence-corrected chi connectivity index (χ0v) is 12.9. The van der Waals surface area contributed by atoms with Crippen molar-refractivity contribution in [1.82, 2.24) is 9.80 Å². The van der Waals surface area contributed by atoms with Gasteiger partial charge in [-0.2, -0.15) is 0 Å². The largest absolute Gasteiger partial charge is 0.389 e. The molecule has 2 rings (SSSR count). The van der Waals surface area contributed by atoms with Gasteiger partial charge < -0.3 is 30.2 Å². The van der Waals surface area contributed by atoms with E-state index in [9.17, 15) is 5.11 Å². The van der Waals surface area contributed by atoms with Gasteiger partial charge in [-0.3, -0.25) is 0 Å². The van der Waals surface area contributed by atoms with Crippen molar-refractivity contribution in [2.75, 3.05) is 40.3 Å². The highest BCUT2D eigenvalue weighted by Crippen LogP contribution is 2.22. The number of likely N-dealkylation sites (N-methyl/N-ethyl adjacent to an activating group) is 1. The summed E-state index contributed by atoms with van der Waals surface area (Å²) in [6, 6.07) is 0. The Morgan fingerprint density at radius 2 is 1.65 bits per heavy atom. The Balaban J connectivity index is 0.000000204. The van der Waals surface area contributed by atoms with Gasteiger partial charge in [-0.25, -0.2) is 0 Å². The normalized spacial score (nSPS) is 33.5. The molecule has 0 radical (unpaired) electrons. The SMILES string of the molecule is CN1CCCC(C(O)(O)O)C1.CN1CCCC(C)(O)C1. The van der Waals surface area contributed by atoms with E-state index in [4.69, 9.17) is 15.3 Å². The maximum atomic E-state index is 9.50. The first-order valence-electron chi connectivity index (χ1n) is 7.37. The molecule has 0 saturated carbocycles. The van der Waals surface area contributed by atoms with E-state index in [-0.39, 0.29) is 0 Å². The first-order chi connectivity index (χ1) is 9.10. The number of aliphatic hydroxyl groups is 4. The van der Waals surface area contributed by atoms with E-state index in [1.807, 2.05) is 25.9 Å². The molecule has 2 unspecified atom stereocenters. The van der Waals surface area contributed by atoms with Crippen LogP contribution in [-0.4, -0.2) is 82.1 Å². The number of rotatable bonds is 1. The van der Waals surface area contributed by atoms with Gasteiger partial charge in [-0.15, -0.1) is 0 Å². The molecule has 4 N–H and O–H groups in total. The van der Waals surface area contributed by atoms with Crippen LogP contribution in [0.1, 0.15) is 32.6 Å². The summed E-state index contributed by atoms with van der Waals surface area (Å²) in [7, 11) is 3.95. The van der Waals surface area contributed by atoms with Crippen molar-refractivity contribution in [3.05, 3.63) is 0 Å². The summed E-state index contributed by atoms with van der Waals surface area (Å²) in [5.41, 5.74) is -0.424. The van der Waals surface area contributed by atoms with Crippen molar-refractivity contribution < 1.29 is 20.4 Å². The number of β-amino-alcohol motifs (C(OH)–C–C–N with tert-alkyl or cyclic N) is 1. The van der Waals surface area contributed by atoms with Crippen LogP contribution in [0, 0.1) is 5.92 Å². The van der Waals surface area contributed by atoms with Crippen LogP contribution in [0.5, 0.6) is 0 Å². The van der Waals surface area contributed by atoms with Crippen molar-refractivity contribution >= 4 is 0 Å². The van der Waals surface area contributed by atoms with E-state index >= 15 is 0 Å². The van der Waals surface area contributed by atoms with E-state index < -0.39 is 17.5 Å². The monoisotopic (exact) mass is 290 g/mol. The number of nitrogens with zero attached hydrogens (tertiary/aromatic N) is 2. The maximum absolute atomic E-state index is 9.50. The highest BCUT2D eigenvalue weighted by molar-refractivity contribution is 4.80. The molecule has 0 bridgehead atoms. The molecule has 0 aromatic heterocycles. The summed E-state index contributed by atoms with van der Waals surface area (Å²) in [6.07, 6.45) is 3.67. The average Bonchev–Trinajstić information content (AvgIpc) is 2.26. The first-order valence-corrected chi connectivity index (χ1v) is 7.37. The summed E-state index contributed by atoms with van der Waals surface area (Å²) in [6.45, 7) is 5.38. The van der Waals surface area contributed by atoms with Gasteiger partial charge in [-0.1, -0.05) is 0 Å². The standard InChI is InChI=1S/C7H15NO3.C7H15NO/c1-8-4-2-3-6(5-8)7(9,10)11;1-7(9)4-3-5-8(2)6-7/h6,9-11H,2-5H2,1H3;9H,3-6H2,1-2H3. The Bertz CT molecular complexity index is 291. The van der Waals surface area contributed by atoms with Gasteiger partial charge in [0, 0.05) is 13.1 Å². The predicted molar refractivity (Wildman–Crippen MR) is 77.0 cm³/mol. The minimum Gasteiger partial charge on any atom is -0.389 e. The van der Waals surface area contributed by atoms with Crippen molar-refractivity contribution in [3.63, 3.8) is 0 Å². The van der Waals surface area contributed by atoms with Crippen molar-refractivity contribution in [2.45, 2.75) is 44.2 Å². The van der Waals surface area contributed by atoms with Crippen LogP contribution in [0.4, 0.5) is 0 Å². The quantitative estimate of drug-likeness (QED) is 0.484. The fourth-order valence-corrected chi connectivity index (χ4v) is 2.95.